The van der Waals surface area contributed by atoms with Gasteiger partial charge in [-0.1, -0.05) is 25.3 Å². The van der Waals surface area contributed by atoms with Crippen LogP contribution in [-0.4, -0.2) is 37.5 Å². The summed E-state index contributed by atoms with van der Waals surface area (Å²) in [4.78, 5) is 46.9. The Morgan fingerprint density at radius 3 is 1.23 bits per heavy atom. The molecule has 18 heteroatoms. The van der Waals surface area contributed by atoms with Gasteiger partial charge in [-0.2, -0.15) is 26.3 Å². The highest BCUT2D eigenvalue weighted by molar-refractivity contribution is 5.81. The monoisotopic (exact) mass is 746 g/mol. The van der Waals surface area contributed by atoms with E-state index in [0.717, 1.165) is 36.4 Å². The Hall–Kier alpha value is -5.94. The van der Waals surface area contributed by atoms with Gasteiger partial charge >= 0.3 is 36.2 Å². The van der Waals surface area contributed by atoms with E-state index in [1.165, 1.54) is 12.1 Å². The van der Waals surface area contributed by atoms with Gasteiger partial charge in [-0.05, 0) is 60.4 Å². The molecule has 10 nitrogen and oxygen atoms in total. The summed E-state index contributed by atoms with van der Waals surface area (Å²) in [6.45, 7) is 5.02. The highest BCUT2D eigenvalue weighted by atomic mass is 19.4. The average Bonchev–Trinajstić information content (AvgIpc) is 3.07. The molecule has 0 N–H and O–H groups in total. The third-order valence-electron chi connectivity index (χ3n) is 6.54. The van der Waals surface area contributed by atoms with Crippen LogP contribution in [0.5, 0.6) is 23.0 Å². The van der Waals surface area contributed by atoms with E-state index in [-0.39, 0.29) is 35.5 Å². The number of hydrogen-bond acceptors (Lipinski definition) is 10. The maximum Gasteiger partial charge on any atom is 0.420 e. The number of rotatable bonds is 16. The number of aryl methyl sites for hydroxylation is 2. The first kappa shape index (κ1) is 40.5. The molecule has 0 saturated carbocycles. The zero-order valence-corrected chi connectivity index (χ0v) is 26.5. The summed E-state index contributed by atoms with van der Waals surface area (Å²) in [6, 6.07) is 7.26. The van der Waals surface area contributed by atoms with Gasteiger partial charge in [-0.15, -0.1) is 0 Å². The second kappa shape index (κ2) is 17.8. The van der Waals surface area contributed by atoms with E-state index >= 15 is 0 Å². The van der Waals surface area contributed by atoms with Crippen molar-refractivity contribution in [1.82, 2.24) is 0 Å². The van der Waals surface area contributed by atoms with Gasteiger partial charge in [0.2, 0.25) is 13.6 Å². The fraction of sp³-hybridized carbons (Fsp3) is 0.235. The van der Waals surface area contributed by atoms with E-state index in [1.54, 1.807) is 0 Å². The minimum Gasteiger partial charge on any atom is -0.454 e. The van der Waals surface area contributed by atoms with Crippen molar-refractivity contribution in [2.45, 2.75) is 38.0 Å². The molecule has 278 valence electrons. The second-order valence-corrected chi connectivity index (χ2v) is 10.1. The predicted molar refractivity (Wildman–Crippen MR) is 161 cm³/mol. The van der Waals surface area contributed by atoms with Crippen molar-refractivity contribution in [2.24, 2.45) is 0 Å². The molecule has 0 fully saturated rings. The largest absolute Gasteiger partial charge is 0.454 e. The quantitative estimate of drug-likeness (QED) is 0.0489. The molecule has 0 aliphatic carbocycles. The number of carbonyl (C=O) groups is 4. The van der Waals surface area contributed by atoms with Crippen molar-refractivity contribution in [3.05, 3.63) is 108 Å². The molecule has 0 saturated heterocycles. The molecule has 0 aromatic heterocycles. The molecular weight excluding hydrogens is 720 g/mol. The van der Waals surface area contributed by atoms with Gasteiger partial charge in [0.1, 0.15) is 22.6 Å². The fourth-order valence-electron chi connectivity index (χ4n) is 4.19. The molecule has 3 aromatic rings. The molecule has 0 bridgehead atoms. The lowest BCUT2D eigenvalue weighted by molar-refractivity contribution is -0.165. The van der Waals surface area contributed by atoms with E-state index < -0.39 is 96.9 Å². The Morgan fingerprint density at radius 2 is 0.923 bits per heavy atom. The van der Waals surface area contributed by atoms with Gasteiger partial charge in [0.05, 0.1) is 0 Å². The first-order valence-corrected chi connectivity index (χ1v) is 14.6. The van der Waals surface area contributed by atoms with Crippen molar-refractivity contribution >= 4 is 23.9 Å². The Balaban J connectivity index is 1.71. The van der Waals surface area contributed by atoms with Crippen LogP contribution in [0, 0.1) is 11.6 Å². The highest BCUT2D eigenvalue weighted by Crippen LogP contribution is 2.49. The number of ether oxygens (including phenoxy) is 6. The third-order valence-corrected chi connectivity index (χ3v) is 6.54. The van der Waals surface area contributed by atoms with E-state index in [0.29, 0.717) is 12.1 Å². The smallest absolute Gasteiger partial charge is 0.420 e. The molecule has 0 aliphatic heterocycles. The molecule has 0 heterocycles. The number of benzene rings is 3. The number of carbonyl (C=O) groups excluding carboxylic acids is 4. The van der Waals surface area contributed by atoms with Crippen LogP contribution < -0.4 is 18.9 Å². The standard InChI is InChI=1S/C34H26F8O10/c1-3-27(43)49-17-47-23-9-5-19(15-21(23)35)7-13-29(45)51-25-11-12-26(32(34(40,41)42)31(25)33(37,38)39)52-30(46)14-8-20-6-10-24(22(36)16-20)48-18-50-28(44)4-2/h3-6,9-12,15-16H,1-2,7-8,13-14,17-18H2. The van der Waals surface area contributed by atoms with Gasteiger partial charge < -0.3 is 28.4 Å². The van der Waals surface area contributed by atoms with Gasteiger partial charge in [0.15, 0.2) is 23.1 Å². The number of hydrogen-bond donors (Lipinski definition) is 0. The summed E-state index contributed by atoms with van der Waals surface area (Å²) in [5, 5.41) is 0. The summed E-state index contributed by atoms with van der Waals surface area (Å²) in [7, 11) is 0. The Bertz CT molecular complexity index is 1690. The normalized spacial score (nSPS) is 11.2. The van der Waals surface area contributed by atoms with Gasteiger partial charge in [-0.3, -0.25) is 9.59 Å². The molecule has 0 unspecified atom stereocenters. The Kier molecular flexibility index (Phi) is 13.9. The van der Waals surface area contributed by atoms with Crippen LogP contribution in [-0.2, 0) is 53.8 Å². The maximum absolute atomic E-state index is 14.3. The lowest BCUT2D eigenvalue weighted by Gasteiger charge is -2.21. The molecular formula is C34H26F8O10. The van der Waals surface area contributed by atoms with E-state index in [2.05, 4.69) is 32.1 Å². The Morgan fingerprint density at radius 1 is 0.577 bits per heavy atom. The van der Waals surface area contributed by atoms with Gasteiger partial charge in [-0.25, -0.2) is 18.4 Å². The fourth-order valence-corrected chi connectivity index (χ4v) is 4.19. The third kappa shape index (κ3) is 11.8. The van der Waals surface area contributed by atoms with Crippen molar-refractivity contribution in [1.29, 1.82) is 0 Å². The number of halogens is 8. The first-order chi connectivity index (χ1) is 24.4. The van der Waals surface area contributed by atoms with E-state index in [9.17, 15) is 54.3 Å². The topological polar surface area (TPSA) is 124 Å². The van der Waals surface area contributed by atoms with Crippen molar-refractivity contribution in [3.8, 4) is 23.0 Å². The predicted octanol–water partition coefficient (Wildman–Crippen LogP) is 7.21. The van der Waals surface area contributed by atoms with Crippen LogP contribution in [0.2, 0.25) is 0 Å². The summed E-state index contributed by atoms with van der Waals surface area (Å²) >= 11 is 0. The SMILES string of the molecule is C=CC(=O)OCOc1ccc(CCC(=O)Oc2ccc(OC(=O)CCc3ccc(OCOC(=O)C=C)c(F)c3)c(C(F)(F)F)c2C(F)(F)F)cc1F. The van der Waals surface area contributed by atoms with Crippen LogP contribution in [0.15, 0.2) is 73.8 Å². The van der Waals surface area contributed by atoms with Crippen molar-refractivity contribution in [3.63, 3.8) is 0 Å². The molecule has 3 rings (SSSR count). The van der Waals surface area contributed by atoms with E-state index in [1.807, 2.05) is 0 Å². The summed E-state index contributed by atoms with van der Waals surface area (Å²) in [5.74, 6) is -10.2. The van der Waals surface area contributed by atoms with Crippen LogP contribution in [0.3, 0.4) is 0 Å². The first-order valence-electron chi connectivity index (χ1n) is 14.6. The molecule has 0 spiro atoms. The maximum atomic E-state index is 14.3. The molecule has 0 amide bonds. The van der Waals surface area contributed by atoms with Gasteiger partial charge in [0, 0.05) is 25.0 Å². The minimum atomic E-state index is -5.77. The molecule has 0 radical (unpaired) electrons. The van der Waals surface area contributed by atoms with E-state index in [4.69, 9.17) is 9.47 Å². The summed E-state index contributed by atoms with van der Waals surface area (Å²) in [5.41, 5.74) is -4.64. The number of esters is 4. The Labute approximate surface area is 289 Å². The van der Waals surface area contributed by atoms with Crippen LogP contribution in [0.1, 0.15) is 35.1 Å². The van der Waals surface area contributed by atoms with Crippen LogP contribution in [0.25, 0.3) is 0 Å². The zero-order chi connectivity index (χ0) is 38.6. The van der Waals surface area contributed by atoms with Crippen LogP contribution in [0.4, 0.5) is 35.1 Å². The van der Waals surface area contributed by atoms with Gasteiger partial charge in [0.25, 0.3) is 0 Å². The lowest BCUT2D eigenvalue weighted by atomic mass is 10.0. The molecule has 52 heavy (non-hydrogen) atoms. The van der Waals surface area contributed by atoms with Crippen LogP contribution >= 0.6 is 0 Å². The zero-order valence-electron chi connectivity index (χ0n) is 26.5. The molecule has 0 aliphatic rings. The van der Waals surface area contributed by atoms with Crippen molar-refractivity contribution in [2.75, 3.05) is 13.6 Å². The molecule has 0 atom stereocenters. The van der Waals surface area contributed by atoms with Crippen molar-refractivity contribution < 1.29 is 82.7 Å². The summed E-state index contributed by atoms with van der Waals surface area (Å²) < 4.78 is 141. The lowest BCUT2D eigenvalue weighted by Crippen LogP contribution is -2.22. The molecule has 3 aromatic carbocycles. The number of alkyl halides is 6. The second-order valence-electron chi connectivity index (χ2n) is 10.1. The average molecular weight is 747 g/mol. The highest BCUT2D eigenvalue weighted by Gasteiger charge is 2.49. The summed E-state index contributed by atoms with van der Waals surface area (Å²) in [6.07, 6.45) is -11.9. The minimum absolute atomic E-state index is 0.123.